The molecule has 9 rings (SSSR count). The number of fused-ring (bicyclic) bond motifs is 2. The number of hydrogen-bond acceptors (Lipinski definition) is 27. The van der Waals surface area contributed by atoms with E-state index in [9.17, 15) is 25.5 Å². The van der Waals surface area contributed by atoms with Gasteiger partial charge in [0.15, 0.2) is 53.6 Å². The molecule has 0 aromatic heterocycles. The van der Waals surface area contributed by atoms with Crippen molar-refractivity contribution in [1.82, 2.24) is 0 Å². The van der Waals surface area contributed by atoms with E-state index in [1.807, 2.05) is 96.9 Å². The van der Waals surface area contributed by atoms with E-state index in [2.05, 4.69) is 64.6 Å². The fourth-order valence-corrected chi connectivity index (χ4v) is 19.9. The fourth-order valence-electron chi connectivity index (χ4n) is 19.9. The molecule has 0 aromatic carbocycles. The second kappa shape index (κ2) is 74.3. The highest BCUT2D eigenvalue weighted by Gasteiger charge is 2.56. The number of aliphatic hydroxyl groups is 10. The van der Waals surface area contributed by atoms with Crippen LogP contribution >= 0.6 is 0 Å². The molecular weight excluding hydrogens is 1790 g/mol. The van der Waals surface area contributed by atoms with Crippen molar-refractivity contribution in [3.8, 4) is 0 Å². The van der Waals surface area contributed by atoms with Crippen LogP contribution in [0, 0.1) is 0 Å². The molecule has 0 amide bonds. The van der Waals surface area contributed by atoms with Crippen molar-refractivity contribution in [1.29, 1.82) is 0 Å². The van der Waals surface area contributed by atoms with Crippen molar-refractivity contribution < 1.29 is 122 Å². The van der Waals surface area contributed by atoms with E-state index in [4.69, 9.17) is 103 Å². The molecule has 826 valence electrons. The molecule has 24 atom stereocenters. The minimum absolute atomic E-state index is 0.0400. The van der Waals surface area contributed by atoms with Gasteiger partial charge in [-0.1, -0.05) is 367 Å². The van der Waals surface area contributed by atoms with Crippen molar-refractivity contribution >= 4 is 0 Å². The Hall–Kier alpha value is -2.64. The zero-order chi connectivity index (χ0) is 104. The van der Waals surface area contributed by atoms with Crippen LogP contribution in [0.2, 0.25) is 0 Å². The maximum absolute atomic E-state index is 10.1. The van der Waals surface area contributed by atoms with Crippen molar-refractivity contribution in [2.45, 2.75) is 667 Å². The summed E-state index contributed by atoms with van der Waals surface area (Å²) in [4.78, 5) is 5.82. The average Bonchev–Trinajstić information content (AvgIpc) is 1.62. The quantitative estimate of drug-likeness (QED) is 0.00889. The lowest BCUT2D eigenvalue weighted by molar-refractivity contribution is -0.223. The van der Waals surface area contributed by atoms with Gasteiger partial charge < -0.3 is 122 Å². The first-order valence-electron chi connectivity index (χ1n) is 56.2. The van der Waals surface area contributed by atoms with Crippen molar-refractivity contribution in [3.05, 3.63) is 33.0 Å². The van der Waals surface area contributed by atoms with Crippen LogP contribution in [0.3, 0.4) is 0 Å². The molecule has 0 aliphatic carbocycles. The number of nitrogens with zero attached hydrogens (tertiary/aromatic N) is 6. The molecule has 9 fully saturated rings. The third kappa shape index (κ3) is 53.7. The fraction of sp³-hybridized carbons (Fsp3) is 0.982. The summed E-state index contributed by atoms with van der Waals surface area (Å²) in [5.74, 6) is -3.72. The Morgan fingerprint density at radius 1 is 0.286 bits per heavy atom. The minimum atomic E-state index is -1.38. The van der Waals surface area contributed by atoms with Gasteiger partial charge >= 0.3 is 0 Å². The molecule has 140 heavy (non-hydrogen) atoms. The topological polar surface area (TPSA) is 438 Å². The predicted molar refractivity (Wildman–Crippen MR) is 551 cm³/mol. The molecule has 0 radical (unpaired) electrons. The number of azide groups is 2. The Balaban J connectivity index is 0.000000430. The molecule has 6 unspecified atom stereocenters. The maximum Gasteiger partial charge on any atom is 0.184 e. The Bertz CT molecular complexity index is 3030. The van der Waals surface area contributed by atoms with Gasteiger partial charge in [-0.3, -0.25) is 0 Å². The molecular formula is C109H210N6O25. The average molecular weight is 2000 g/mol. The molecule has 0 aromatic rings. The Morgan fingerprint density at radius 2 is 0.564 bits per heavy atom. The number of unbranched alkanes of at least 4 members (excludes halogenated alkanes) is 43. The van der Waals surface area contributed by atoms with Gasteiger partial charge in [-0.05, 0) is 152 Å². The van der Waals surface area contributed by atoms with E-state index >= 15 is 0 Å². The SMILES string of the molecule is CC1(C)OC2[C@@H](O1)C(O)O[C@@H]2CO.CCCCCCCCCCCCC=C[C@H]1OC(C)(C)O[C@H]1[C@H](O)CC.CCCCCCCCCCCCCC[C@H]1OC(C)(C)O[C@H]1[C@H](CC)N=[N+]=[N-].CCCCCCCCCCCCCC[C@H]1OC(C)(C)O[C@H]1[C@H](CO)N=[N+]=[N-].CCCCCCCCCCCCCC[C@H]1OC(C)(C)O[C@H]1[C@H](O)CC.CC[C@H]1OC(O)[C@@H]2OC(C)(C)OC21.OC[C@H]1OC(O)[C@H](O)C1O. The summed E-state index contributed by atoms with van der Waals surface area (Å²) < 4.78 is 84.5. The maximum atomic E-state index is 10.1. The largest absolute Gasteiger partial charge is 0.396 e. The summed E-state index contributed by atoms with van der Waals surface area (Å²) in [6, 6.07) is -0.724. The predicted octanol–water partition coefficient (Wildman–Crippen LogP) is 23.7. The lowest BCUT2D eigenvalue weighted by atomic mass is 9.98. The highest BCUT2D eigenvalue weighted by atomic mass is 16.8. The van der Waals surface area contributed by atoms with Gasteiger partial charge in [-0.2, -0.15) is 0 Å². The smallest absolute Gasteiger partial charge is 0.184 e. The summed E-state index contributed by atoms with van der Waals surface area (Å²) in [7, 11) is 0. The van der Waals surface area contributed by atoms with Crippen LogP contribution in [0.4, 0.5) is 0 Å². The van der Waals surface area contributed by atoms with Crippen molar-refractivity contribution in [2.24, 2.45) is 10.2 Å². The highest BCUT2D eigenvalue weighted by molar-refractivity contribution is 5.01. The van der Waals surface area contributed by atoms with Crippen LogP contribution in [0.5, 0.6) is 0 Å². The third-order valence-electron chi connectivity index (χ3n) is 27.6. The summed E-state index contributed by atoms with van der Waals surface area (Å²) in [6.07, 6.45) is 63.1. The van der Waals surface area contributed by atoms with Gasteiger partial charge in [0, 0.05) is 9.82 Å². The molecule has 9 saturated heterocycles. The van der Waals surface area contributed by atoms with Gasteiger partial charge in [-0.25, -0.2) is 0 Å². The second-order valence-corrected chi connectivity index (χ2v) is 43.1. The molecule has 9 aliphatic rings. The lowest BCUT2D eigenvalue weighted by Crippen LogP contribution is -2.36. The van der Waals surface area contributed by atoms with E-state index in [1.54, 1.807) is 13.8 Å². The number of hydrogen-bond donors (Lipinski definition) is 10. The first kappa shape index (κ1) is 132. The molecule has 10 N–H and O–H groups in total. The van der Waals surface area contributed by atoms with Crippen LogP contribution in [-0.2, 0) is 71.1 Å². The van der Waals surface area contributed by atoms with Crippen LogP contribution < -0.4 is 0 Å². The van der Waals surface area contributed by atoms with E-state index < -0.39 is 109 Å². The van der Waals surface area contributed by atoms with Crippen LogP contribution in [0.25, 0.3) is 20.9 Å². The number of rotatable bonds is 64. The third-order valence-corrected chi connectivity index (χ3v) is 27.6. The molecule has 31 heteroatoms. The van der Waals surface area contributed by atoms with Gasteiger partial charge in [0.1, 0.15) is 67.1 Å². The molecule has 9 aliphatic heterocycles. The molecule has 0 bridgehead atoms. The normalized spacial score (nSPS) is 29.6. The van der Waals surface area contributed by atoms with Gasteiger partial charge in [-0.15, -0.1) is 0 Å². The molecule has 0 spiro atoms. The van der Waals surface area contributed by atoms with Crippen LogP contribution in [-0.4, -0.2) is 253 Å². The summed E-state index contributed by atoms with van der Waals surface area (Å²) >= 11 is 0. The van der Waals surface area contributed by atoms with E-state index in [1.165, 1.54) is 283 Å². The van der Waals surface area contributed by atoms with Crippen molar-refractivity contribution in [2.75, 3.05) is 19.8 Å². The van der Waals surface area contributed by atoms with Gasteiger partial charge in [0.25, 0.3) is 0 Å². The summed E-state index contributed by atoms with van der Waals surface area (Å²) in [5, 5.41) is 100. The standard InChI is InChI=1S/C22H43N3O2.C22H44O3.C22H42O3.C21H41N3O3.C9H16O4.C8H14O5.C5H10O5/c1-5-7-8-9-10-11-12-13-14-15-16-17-18-20-21(19(6-2)24-25-23)27-22(3,4)26-20;2*1-5-7-8-9-10-11-12-13-14-15-16-17-18-20-21(19(23)6-2)25-22(3,4)24-20;1-4-5-6-7-8-9-10-11-12-13-14-15-16-19-20(18(17-25)23-24-22)27-21(2,3)26-19;1-4-5-6-7(8(10)11-5)13-9(2,3)12-6;1-8(2)12-5-4(3-9)11-7(10)6(5)13-8;6-1-2-3(7)4(8)5(9)10-2/h19-21H,5-18H2,1-4H3;19-21,23H,5-18H2,1-4H3;17-21,23H,5-16H2,1-4H3;18-20,25H,4-17H2,1-3H3;5-8,10H,4H2,1-3H3;4-7,9-10H,3H2,1-2H3;2-9H,1H2/t19-,20+,21-;2*19-,20-,21+;18-,19+,20-;5-,6?,7-,8?;4-,5?,6-,7?;2-,3?,4-,5?/m0110111/s1. The van der Waals surface area contributed by atoms with Gasteiger partial charge in [0.05, 0.1) is 80.7 Å². The van der Waals surface area contributed by atoms with E-state index in [0.29, 0.717) is 6.42 Å². The number of ether oxygens (including phenoxy) is 15. The molecule has 9 heterocycles. The van der Waals surface area contributed by atoms with E-state index in [-0.39, 0.29) is 92.5 Å². The minimum Gasteiger partial charge on any atom is -0.396 e. The highest BCUT2D eigenvalue weighted by Crippen LogP contribution is 2.43. The lowest BCUT2D eigenvalue weighted by Gasteiger charge is -2.21. The number of allylic oxidation sites excluding steroid dienone is 1. The Kier molecular flexibility index (Phi) is 69.8. The van der Waals surface area contributed by atoms with Crippen LogP contribution in [0.15, 0.2) is 22.4 Å². The van der Waals surface area contributed by atoms with Crippen LogP contribution in [0.1, 0.15) is 485 Å². The van der Waals surface area contributed by atoms with E-state index in [0.717, 1.165) is 57.8 Å². The molecule has 31 nitrogen and oxygen atoms in total. The summed E-state index contributed by atoms with van der Waals surface area (Å²) in [6.45, 7) is 38.9. The first-order valence-corrected chi connectivity index (χ1v) is 56.2. The zero-order valence-corrected chi connectivity index (χ0v) is 91.6. The Labute approximate surface area is 847 Å². The number of aliphatic hydroxyl groups excluding tert-OH is 10. The monoisotopic (exact) mass is 2000 g/mol. The van der Waals surface area contributed by atoms with Gasteiger partial charge in [0.2, 0.25) is 0 Å². The summed E-state index contributed by atoms with van der Waals surface area (Å²) in [5.41, 5.74) is 17.5. The second-order valence-electron chi connectivity index (χ2n) is 43.1. The molecule has 0 saturated carbocycles. The zero-order valence-electron chi connectivity index (χ0n) is 91.6. The van der Waals surface area contributed by atoms with Crippen molar-refractivity contribution in [3.63, 3.8) is 0 Å². The Morgan fingerprint density at radius 3 is 0.879 bits per heavy atom. The first-order chi connectivity index (χ1) is 66.8.